The molecule has 206 valence electrons. The second-order valence-corrected chi connectivity index (χ2v) is 9.62. The van der Waals surface area contributed by atoms with Gasteiger partial charge in [-0.05, 0) is 102 Å². The van der Waals surface area contributed by atoms with Crippen LogP contribution >= 0.6 is 0 Å². The first-order valence-corrected chi connectivity index (χ1v) is 13.5. The van der Waals surface area contributed by atoms with E-state index in [1.54, 1.807) is 6.08 Å². The van der Waals surface area contributed by atoms with Crippen LogP contribution in [-0.2, 0) is 0 Å². The van der Waals surface area contributed by atoms with E-state index in [0.717, 1.165) is 24.6 Å². The van der Waals surface area contributed by atoms with Crippen molar-refractivity contribution in [1.82, 2.24) is 16.0 Å². The third-order valence-corrected chi connectivity index (χ3v) is 6.33. The molecule has 4 nitrogen and oxygen atoms in total. The van der Waals surface area contributed by atoms with Crippen molar-refractivity contribution in [3.8, 4) is 0 Å². The van der Waals surface area contributed by atoms with Gasteiger partial charge in [0.25, 0.3) is 0 Å². The van der Waals surface area contributed by atoms with E-state index in [0.29, 0.717) is 6.54 Å². The lowest BCUT2D eigenvalue weighted by atomic mass is 9.90. The molecule has 0 spiro atoms. The molecule has 0 aromatic carbocycles. The third kappa shape index (κ3) is 15.9. The van der Waals surface area contributed by atoms with Crippen LogP contribution in [0.4, 0.5) is 0 Å². The molecule has 4 heteroatoms. The zero-order chi connectivity index (χ0) is 28.1. The first kappa shape index (κ1) is 34.3. The summed E-state index contributed by atoms with van der Waals surface area (Å²) in [5.41, 5.74) is 14.1. The van der Waals surface area contributed by atoms with E-state index in [-0.39, 0.29) is 0 Å². The van der Waals surface area contributed by atoms with Gasteiger partial charge in [-0.2, -0.15) is 0 Å². The maximum Gasteiger partial charge on any atom is 0.0264 e. The van der Waals surface area contributed by atoms with Gasteiger partial charge >= 0.3 is 0 Å². The van der Waals surface area contributed by atoms with Crippen molar-refractivity contribution in [2.75, 3.05) is 40.3 Å². The molecule has 0 aromatic rings. The summed E-state index contributed by atoms with van der Waals surface area (Å²) in [7, 11) is 3.82. The molecule has 1 aliphatic heterocycles. The zero-order valence-corrected chi connectivity index (χ0v) is 24.6. The Labute approximate surface area is 228 Å². The minimum atomic E-state index is 0.583. The molecule has 1 aliphatic carbocycles. The summed E-state index contributed by atoms with van der Waals surface area (Å²) >= 11 is 0. The van der Waals surface area contributed by atoms with Crippen LogP contribution in [0.5, 0.6) is 0 Å². The van der Waals surface area contributed by atoms with Crippen molar-refractivity contribution >= 4 is 0 Å². The van der Waals surface area contributed by atoms with E-state index in [9.17, 15) is 0 Å². The van der Waals surface area contributed by atoms with E-state index < -0.39 is 0 Å². The van der Waals surface area contributed by atoms with Crippen molar-refractivity contribution in [2.45, 2.75) is 53.4 Å². The molecule has 0 radical (unpaired) electrons. The minimum absolute atomic E-state index is 0.583. The Bertz CT molecular complexity index is 883. The summed E-state index contributed by atoms with van der Waals surface area (Å²) in [5.74, 6) is 0.797. The van der Waals surface area contributed by atoms with Crippen LogP contribution in [0, 0.1) is 5.92 Å². The lowest BCUT2D eigenvalue weighted by molar-refractivity contribution is 0.582. The molecular formula is C33H54N4. The average molecular weight is 507 g/mol. The molecule has 2 aliphatic rings. The van der Waals surface area contributed by atoms with Gasteiger partial charge in [-0.1, -0.05) is 72.4 Å². The van der Waals surface area contributed by atoms with Crippen molar-refractivity contribution < 1.29 is 0 Å². The van der Waals surface area contributed by atoms with Crippen LogP contribution < -0.4 is 21.7 Å². The largest absolute Gasteiger partial charge is 0.389 e. The van der Waals surface area contributed by atoms with E-state index in [1.807, 2.05) is 26.2 Å². The second kappa shape index (κ2) is 21.4. The summed E-state index contributed by atoms with van der Waals surface area (Å²) in [4.78, 5) is 0. The summed E-state index contributed by atoms with van der Waals surface area (Å²) < 4.78 is 0. The van der Waals surface area contributed by atoms with E-state index >= 15 is 0 Å². The van der Waals surface area contributed by atoms with Gasteiger partial charge in [0.1, 0.15) is 0 Å². The normalized spacial score (nSPS) is 17.4. The third-order valence-electron chi connectivity index (χ3n) is 6.33. The fourth-order valence-electron chi connectivity index (χ4n) is 3.82. The molecule has 2 rings (SSSR count). The Hall–Kier alpha value is -2.66. The quantitative estimate of drug-likeness (QED) is 0.187. The predicted octanol–water partition coefficient (Wildman–Crippen LogP) is 6.67. The lowest BCUT2D eigenvalue weighted by Gasteiger charge is -2.15. The SMILES string of the molecule is C=C(/C=C\C(CNC)=C(C)C)NC.C=C/C(=C\C(=C/C)CC1CCNC1)C1=CC=C(C)CC1.C=CCN. The molecule has 1 saturated heterocycles. The van der Waals surface area contributed by atoms with E-state index in [2.05, 4.69) is 93.8 Å². The van der Waals surface area contributed by atoms with Crippen LogP contribution in [0.2, 0.25) is 0 Å². The molecule has 0 bridgehead atoms. The van der Waals surface area contributed by atoms with Gasteiger partial charge in [0.15, 0.2) is 0 Å². The molecule has 1 atom stereocenters. The van der Waals surface area contributed by atoms with Crippen LogP contribution in [0.15, 0.2) is 107 Å². The maximum absolute atomic E-state index is 4.91. The summed E-state index contributed by atoms with van der Waals surface area (Å²) in [6, 6.07) is 0. The highest BCUT2D eigenvalue weighted by Gasteiger charge is 2.15. The Morgan fingerprint density at radius 1 is 1.16 bits per heavy atom. The van der Waals surface area contributed by atoms with Gasteiger partial charge in [0, 0.05) is 25.8 Å². The average Bonchev–Trinajstić information content (AvgIpc) is 3.42. The van der Waals surface area contributed by atoms with Crippen LogP contribution in [-0.4, -0.2) is 40.3 Å². The Morgan fingerprint density at radius 3 is 2.30 bits per heavy atom. The fourth-order valence-corrected chi connectivity index (χ4v) is 3.82. The van der Waals surface area contributed by atoms with Gasteiger partial charge in [-0.15, -0.1) is 6.58 Å². The van der Waals surface area contributed by atoms with E-state index in [4.69, 9.17) is 5.73 Å². The van der Waals surface area contributed by atoms with Gasteiger partial charge in [-0.3, -0.25) is 0 Å². The highest BCUT2D eigenvalue weighted by molar-refractivity contribution is 5.47. The molecule has 1 unspecified atom stereocenters. The Balaban J connectivity index is 0.000000657. The highest BCUT2D eigenvalue weighted by Crippen LogP contribution is 2.27. The summed E-state index contributed by atoms with van der Waals surface area (Å²) in [6.07, 6.45) is 21.6. The van der Waals surface area contributed by atoms with Crippen molar-refractivity contribution in [3.05, 3.63) is 107 Å². The van der Waals surface area contributed by atoms with Crippen molar-refractivity contribution in [3.63, 3.8) is 0 Å². The molecule has 0 saturated carbocycles. The Kier molecular flexibility index (Phi) is 19.9. The first-order valence-electron chi connectivity index (χ1n) is 13.5. The lowest BCUT2D eigenvalue weighted by Crippen LogP contribution is -2.10. The molecule has 0 aromatic heterocycles. The number of nitrogens with one attached hydrogen (secondary N) is 3. The number of hydrogen-bond donors (Lipinski definition) is 4. The number of likely N-dealkylation sites (N-methyl/N-ethyl adjacent to an activating group) is 2. The highest BCUT2D eigenvalue weighted by atomic mass is 14.9. The predicted molar refractivity (Wildman–Crippen MR) is 168 cm³/mol. The molecule has 0 amide bonds. The van der Waals surface area contributed by atoms with Gasteiger partial charge in [-0.25, -0.2) is 0 Å². The van der Waals surface area contributed by atoms with Gasteiger partial charge < -0.3 is 21.7 Å². The van der Waals surface area contributed by atoms with Crippen molar-refractivity contribution in [2.24, 2.45) is 11.7 Å². The summed E-state index contributed by atoms with van der Waals surface area (Å²) in [6.45, 7) is 23.6. The zero-order valence-electron chi connectivity index (χ0n) is 24.6. The number of allylic oxidation sites excluding steroid dienone is 11. The van der Waals surface area contributed by atoms with Crippen LogP contribution in [0.3, 0.4) is 0 Å². The fraction of sp³-hybridized carbons (Fsp3) is 0.455. The van der Waals surface area contributed by atoms with Crippen LogP contribution in [0.25, 0.3) is 0 Å². The van der Waals surface area contributed by atoms with Crippen molar-refractivity contribution in [1.29, 1.82) is 0 Å². The van der Waals surface area contributed by atoms with Crippen LogP contribution in [0.1, 0.15) is 53.4 Å². The summed E-state index contributed by atoms with van der Waals surface area (Å²) in [5, 5.41) is 9.56. The molecule has 1 heterocycles. The Morgan fingerprint density at radius 2 is 1.86 bits per heavy atom. The number of rotatable bonds is 11. The van der Waals surface area contributed by atoms with E-state index in [1.165, 1.54) is 65.8 Å². The monoisotopic (exact) mass is 506 g/mol. The number of nitrogens with two attached hydrogens (primary N) is 1. The van der Waals surface area contributed by atoms with Gasteiger partial charge in [0.2, 0.25) is 0 Å². The molecule has 5 N–H and O–H groups in total. The maximum atomic E-state index is 4.91. The molecular weight excluding hydrogens is 452 g/mol. The standard InChI is InChI=1S/C19H27N.C11H20N2.C3H7N/c1-4-16(12-17-10-11-20-14-17)13-18(5-2)19-8-6-15(3)7-9-19;1-9(2)11(8-12-4)7-6-10(3)13-5;1-2-3-4/h4-6,8,13,17,20H,2,7,9-12,14H2,1,3H3;6-7,12-13H,3,8H2,1-2,4-5H3;2H,1,3-4H2/b16-4-,18-13+;7-6-;. The second-order valence-electron chi connectivity index (χ2n) is 9.62. The smallest absolute Gasteiger partial charge is 0.0264 e. The molecule has 1 fully saturated rings. The first-order chi connectivity index (χ1) is 17.8. The minimum Gasteiger partial charge on any atom is -0.389 e. The topological polar surface area (TPSA) is 62.1 Å². The van der Waals surface area contributed by atoms with Gasteiger partial charge in [0.05, 0.1) is 0 Å². The molecule has 37 heavy (non-hydrogen) atoms. The number of hydrogen-bond acceptors (Lipinski definition) is 4.